The van der Waals surface area contributed by atoms with Crippen LogP contribution in [0.3, 0.4) is 0 Å². The molecule has 24 heavy (non-hydrogen) atoms. The minimum absolute atomic E-state index is 0.0722. The second kappa shape index (κ2) is 6.65. The van der Waals surface area contributed by atoms with E-state index in [1.54, 1.807) is 6.20 Å². The molecular weight excluding hydrogens is 306 g/mol. The van der Waals surface area contributed by atoms with Crippen molar-refractivity contribution in [2.75, 3.05) is 13.2 Å². The van der Waals surface area contributed by atoms with Gasteiger partial charge >= 0.3 is 0 Å². The Bertz CT molecular complexity index is 697. The zero-order valence-electron chi connectivity index (χ0n) is 13.4. The lowest BCUT2D eigenvalue weighted by molar-refractivity contribution is -0.00460. The zero-order valence-corrected chi connectivity index (χ0v) is 13.4. The quantitative estimate of drug-likeness (QED) is 0.914. The number of amides is 1. The first-order valence-corrected chi connectivity index (χ1v) is 8.44. The van der Waals surface area contributed by atoms with Crippen LogP contribution in [-0.4, -0.2) is 40.8 Å². The standard InChI is InChI=1S/C18H21N3O3/c22-18(15-4-3-10-21(15)13-6-7-13)20-14-12-23-11-8-16(14)24-17-5-1-2-9-19-17/h1-5,9-10,13-14,16H,6-8,11-12H2,(H,20,22)/t14-,16-/m1/s1. The maximum atomic E-state index is 12.7. The van der Waals surface area contributed by atoms with Crippen LogP contribution >= 0.6 is 0 Å². The van der Waals surface area contributed by atoms with Gasteiger partial charge in [-0.25, -0.2) is 4.98 Å². The van der Waals surface area contributed by atoms with E-state index in [1.807, 2.05) is 36.5 Å². The molecule has 1 N–H and O–H groups in total. The van der Waals surface area contributed by atoms with Crippen molar-refractivity contribution < 1.29 is 14.3 Å². The molecule has 0 aromatic carbocycles. The average molecular weight is 327 g/mol. The maximum absolute atomic E-state index is 12.7. The van der Waals surface area contributed by atoms with Gasteiger partial charge in [-0.1, -0.05) is 6.07 Å². The number of carbonyl (C=O) groups is 1. The molecule has 6 heteroatoms. The Morgan fingerprint density at radius 3 is 2.96 bits per heavy atom. The fourth-order valence-corrected chi connectivity index (χ4v) is 3.07. The summed E-state index contributed by atoms with van der Waals surface area (Å²) in [6.45, 7) is 1.08. The molecule has 2 aromatic heterocycles. The minimum atomic E-state index is -0.184. The molecule has 2 atom stereocenters. The summed E-state index contributed by atoms with van der Waals surface area (Å²) in [5.41, 5.74) is 0.708. The van der Waals surface area contributed by atoms with E-state index in [0.717, 1.165) is 19.3 Å². The second-order valence-corrected chi connectivity index (χ2v) is 6.30. The topological polar surface area (TPSA) is 65.4 Å². The maximum Gasteiger partial charge on any atom is 0.268 e. The molecule has 1 saturated carbocycles. The molecule has 1 aliphatic carbocycles. The predicted molar refractivity (Wildman–Crippen MR) is 88.0 cm³/mol. The molecule has 1 aliphatic heterocycles. The van der Waals surface area contributed by atoms with Gasteiger partial charge in [-0.2, -0.15) is 0 Å². The van der Waals surface area contributed by atoms with Crippen molar-refractivity contribution in [2.24, 2.45) is 0 Å². The lowest BCUT2D eigenvalue weighted by Crippen LogP contribution is -2.52. The highest BCUT2D eigenvalue weighted by molar-refractivity contribution is 5.93. The summed E-state index contributed by atoms with van der Waals surface area (Å²) in [6, 6.07) is 9.64. The van der Waals surface area contributed by atoms with Gasteiger partial charge in [0.2, 0.25) is 5.88 Å². The van der Waals surface area contributed by atoms with E-state index in [2.05, 4.69) is 14.9 Å². The molecule has 0 bridgehead atoms. The molecule has 2 aliphatic rings. The van der Waals surface area contributed by atoms with Crippen molar-refractivity contribution in [3.05, 3.63) is 48.4 Å². The Hall–Kier alpha value is -2.34. The Kier molecular flexibility index (Phi) is 4.21. The van der Waals surface area contributed by atoms with E-state index in [0.29, 0.717) is 30.8 Å². The van der Waals surface area contributed by atoms with E-state index in [9.17, 15) is 4.79 Å². The number of rotatable bonds is 5. The van der Waals surface area contributed by atoms with Crippen LogP contribution in [0.15, 0.2) is 42.7 Å². The number of hydrogen-bond acceptors (Lipinski definition) is 4. The molecule has 2 aromatic rings. The lowest BCUT2D eigenvalue weighted by Gasteiger charge is -2.32. The number of pyridine rings is 1. The lowest BCUT2D eigenvalue weighted by atomic mass is 10.1. The van der Waals surface area contributed by atoms with Gasteiger partial charge in [0.25, 0.3) is 5.91 Å². The van der Waals surface area contributed by atoms with Crippen molar-refractivity contribution in [3.63, 3.8) is 0 Å². The van der Waals surface area contributed by atoms with Crippen LogP contribution in [0.25, 0.3) is 0 Å². The van der Waals surface area contributed by atoms with Crippen LogP contribution in [0.5, 0.6) is 5.88 Å². The van der Waals surface area contributed by atoms with Crippen molar-refractivity contribution in [2.45, 2.75) is 37.5 Å². The van der Waals surface area contributed by atoms with Gasteiger partial charge in [0.1, 0.15) is 11.8 Å². The van der Waals surface area contributed by atoms with Gasteiger partial charge in [-0.3, -0.25) is 4.79 Å². The van der Waals surface area contributed by atoms with Crippen LogP contribution < -0.4 is 10.1 Å². The SMILES string of the molecule is O=C(N[C@@H]1COCC[C@H]1Oc1ccccn1)c1cccn1C1CC1. The molecule has 0 unspecified atom stereocenters. The number of nitrogens with zero attached hydrogens (tertiary/aromatic N) is 2. The third-order valence-electron chi connectivity index (χ3n) is 4.47. The normalized spacial score (nSPS) is 23.7. The molecule has 2 fully saturated rings. The first kappa shape index (κ1) is 15.2. The molecule has 6 nitrogen and oxygen atoms in total. The first-order valence-electron chi connectivity index (χ1n) is 8.44. The fourth-order valence-electron chi connectivity index (χ4n) is 3.07. The largest absolute Gasteiger partial charge is 0.472 e. The molecule has 0 spiro atoms. The van der Waals surface area contributed by atoms with Crippen molar-refractivity contribution in [1.29, 1.82) is 0 Å². The molecule has 1 saturated heterocycles. The highest BCUT2D eigenvalue weighted by Gasteiger charge is 2.32. The number of ether oxygens (including phenoxy) is 2. The smallest absolute Gasteiger partial charge is 0.268 e. The summed E-state index contributed by atoms with van der Waals surface area (Å²) in [7, 11) is 0. The van der Waals surface area contributed by atoms with Crippen molar-refractivity contribution >= 4 is 5.91 Å². The molecule has 126 valence electrons. The number of nitrogens with one attached hydrogen (secondary N) is 1. The highest BCUT2D eigenvalue weighted by Crippen LogP contribution is 2.36. The van der Waals surface area contributed by atoms with Crippen LogP contribution in [0.4, 0.5) is 0 Å². The predicted octanol–water partition coefficient (Wildman–Crippen LogP) is 2.18. The fraction of sp³-hybridized carbons (Fsp3) is 0.444. The van der Waals surface area contributed by atoms with E-state index >= 15 is 0 Å². The summed E-state index contributed by atoms with van der Waals surface area (Å²) in [5, 5.41) is 3.08. The molecule has 0 radical (unpaired) electrons. The van der Waals surface area contributed by atoms with E-state index < -0.39 is 0 Å². The Labute approximate surface area is 140 Å². The Morgan fingerprint density at radius 1 is 1.25 bits per heavy atom. The molecule has 3 heterocycles. The summed E-state index contributed by atoms with van der Waals surface area (Å²) < 4.78 is 13.6. The summed E-state index contributed by atoms with van der Waals surface area (Å²) >= 11 is 0. The van der Waals surface area contributed by atoms with Gasteiger partial charge in [0.05, 0.1) is 19.3 Å². The monoisotopic (exact) mass is 327 g/mol. The Balaban J connectivity index is 1.44. The van der Waals surface area contributed by atoms with Crippen LogP contribution in [0.1, 0.15) is 35.8 Å². The van der Waals surface area contributed by atoms with Crippen LogP contribution in [0, 0.1) is 0 Å². The van der Waals surface area contributed by atoms with E-state index in [4.69, 9.17) is 9.47 Å². The number of aromatic nitrogens is 2. The van der Waals surface area contributed by atoms with E-state index in [-0.39, 0.29) is 18.1 Å². The zero-order chi connectivity index (χ0) is 16.4. The van der Waals surface area contributed by atoms with Gasteiger partial charge < -0.3 is 19.4 Å². The minimum Gasteiger partial charge on any atom is -0.472 e. The Morgan fingerprint density at radius 2 is 2.17 bits per heavy atom. The van der Waals surface area contributed by atoms with Gasteiger partial charge in [0.15, 0.2) is 0 Å². The van der Waals surface area contributed by atoms with E-state index in [1.165, 1.54) is 0 Å². The third kappa shape index (κ3) is 3.28. The van der Waals surface area contributed by atoms with Gasteiger partial charge in [-0.05, 0) is 31.0 Å². The summed E-state index contributed by atoms with van der Waals surface area (Å²) in [5.74, 6) is 0.502. The number of hydrogen-bond donors (Lipinski definition) is 1. The summed E-state index contributed by atoms with van der Waals surface area (Å²) in [6.07, 6.45) is 6.56. The highest BCUT2D eigenvalue weighted by atomic mass is 16.5. The van der Waals surface area contributed by atoms with Crippen molar-refractivity contribution in [3.8, 4) is 5.88 Å². The second-order valence-electron chi connectivity index (χ2n) is 6.30. The van der Waals surface area contributed by atoms with Crippen LogP contribution in [0.2, 0.25) is 0 Å². The van der Waals surface area contributed by atoms with Gasteiger partial charge in [-0.15, -0.1) is 0 Å². The molecular formula is C18H21N3O3. The van der Waals surface area contributed by atoms with Gasteiger partial charge in [0, 0.05) is 30.9 Å². The molecule has 4 rings (SSSR count). The summed E-state index contributed by atoms with van der Waals surface area (Å²) in [4.78, 5) is 16.9. The van der Waals surface area contributed by atoms with Crippen LogP contribution in [-0.2, 0) is 4.74 Å². The molecule has 1 amide bonds. The third-order valence-corrected chi connectivity index (χ3v) is 4.47. The number of carbonyl (C=O) groups excluding carboxylic acids is 1. The van der Waals surface area contributed by atoms with Crippen molar-refractivity contribution in [1.82, 2.24) is 14.9 Å². The average Bonchev–Trinajstić information content (AvgIpc) is 3.34. The first-order chi connectivity index (χ1) is 11.8.